The van der Waals surface area contributed by atoms with Crippen LogP contribution in [-0.4, -0.2) is 24.5 Å². The molecule has 0 spiro atoms. The largest absolute Gasteiger partial charge is 0.456 e. The van der Waals surface area contributed by atoms with Gasteiger partial charge in [0.05, 0.1) is 18.7 Å². The van der Waals surface area contributed by atoms with Gasteiger partial charge in [-0.3, -0.25) is 0 Å². The van der Waals surface area contributed by atoms with Gasteiger partial charge in [0.25, 0.3) is 0 Å². The number of carbonyl (C=O) groups is 1. The lowest BCUT2D eigenvalue weighted by atomic mass is 10.2. The van der Waals surface area contributed by atoms with Gasteiger partial charge in [-0.2, -0.15) is 8.78 Å². The van der Waals surface area contributed by atoms with Crippen LogP contribution in [0.25, 0.3) is 0 Å². The number of aryl methyl sites for hydroxylation is 1. The second kappa shape index (κ2) is 4.51. The maximum Gasteiger partial charge on any atom is 0.377 e. The van der Waals surface area contributed by atoms with Crippen molar-refractivity contribution in [1.82, 2.24) is 0 Å². The third-order valence-corrected chi connectivity index (χ3v) is 2.70. The van der Waals surface area contributed by atoms with Crippen molar-refractivity contribution in [3.63, 3.8) is 0 Å². The van der Waals surface area contributed by atoms with Gasteiger partial charge in [-0.1, -0.05) is 6.07 Å². The fraction of sp³-hybridized carbons (Fsp3) is 0.417. The normalized spacial score (nSPS) is 21.8. The summed E-state index contributed by atoms with van der Waals surface area (Å²) in [5.74, 6) is -5.42. The molecule has 0 aliphatic carbocycles. The molecular weight excluding hydrogens is 247 g/mol. The first-order valence-electron chi connectivity index (χ1n) is 5.47. The van der Waals surface area contributed by atoms with Gasteiger partial charge in [0.15, 0.2) is 0 Å². The molecule has 0 amide bonds. The van der Waals surface area contributed by atoms with Gasteiger partial charge in [-0.15, -0.1) is 0 Å². The van der Waals surface area contributed by atoms with E-state index in [2.05, 4.69) is 10.1 Å². The first kappa shape index (κ1) is 12.7. The van der Waals surface area contributed by atoms with Gasteiger partial charge in [-0.25, -0.2) is 9.18 Å². The Kier molecular flexibility index (Phi) is 3.19. The van der Waals surface area contributed by atoms with Gasteiger partial charge >= 0.3 is 11.9 Å². The Bertz CT molecular complexity index is 476. The zero-order valence-corrected chi connectivity index (χ0v) is 9.67. The molecule has 1 fully saturated rings. The van der Waals surface area contributed by atoms with E-state index < -0.39 is 30.2 Å². The molecule has 6 heteroatoms. The third-order valence-electron chi connectivity index (χ3n) is 2.70. The Balaban J connectivity index is 1.97. The minimum Gasteiger partial charge on any atom is -0.456 e. The van der Waals surface area contributed by atoms with Crippen molar-refractivity contribution in [2.24, 2.45) is 0 Å². The van der Waals surface area contributed by atoms with Gasteiger partial charge in [-0.05, 0) is 24.6 Å². The summed E-state index contributed by atoms with van der Waals surface area (Å²) in [6.07, 6.45) is -1.61. The number of esters is 1. The lowest BCUT2D eigenvalue weighted by molar-refractivity contribution is -0.158. The number of alkyl halides is 2. The molecule has 0 saturated carbocycles. The molecule has 1 aromatic rings. The molecule has 1 aliphatic heterocycles. The molecule has 0 aromatic heterocycles. The molecule has 0 radical (unpaired) electrons. The number of benzene rings is 1. The Morgan fingerprint density at radius 1 is 1.50 bits per heavy atom. The number of hydrogen-bond donors (Lipinski definition) is 1. The van der Waals surface area contributed by atoms with E-state index in [0.717, 1.165) is 5.56 Å². The van der Waals surface area contributed by atoms with Crippen LogP contribution < -0.4 is 5.32 Å². The summed E-state index contributed by atoms with van der Waals surface area (Å²) in [4.78, 5) is 10.8. The summed E-state index contributed by atoms with van der Waals surface area (Å²) in [5, 5.41) is 2.67. The predicted molar refractivity (Wildman–Crippen MR) is 59.1 cm³/mol. The standard InChI is InChI=1S/C12H12F3NO2/c1-7-2-3-9(13)10(4-7)16-6-8-5-12(14,15)11(17)18-8/h2-4,8,16H,5-6H2,1H3. The summed E-state index contributed by atoms with van der Waals surface area (Å²) in [6, 6.07) is 4.45. The van der Waals surface area contributed by atoms with E-state index in [0.29, 0.717) is 0 Å². The minimum absolute atomic E-state index is 0.0400. The Morgan fingerprint density at radius 3 is 2.83 bits per heavy atom. The molecule has 98 valence electrons. The minimum atomic E-state index is -3.43. The van der Waals surface area contributed by atoms with Crippen LogP contribution in [0.2, 0.25) is 0 Å². The maximum absolute atomic E-state index is 13.4. The molecule has 2 rings (SSSR count). The Labute approximate surface area is 102 Å². The lowest BCUT2D eigenvalue weighted by Crippen LogP contribution is -2.22. The quantitative estimate of drug-likeness (QED) is 0.847. The van der Waals surface area contributed by atoms with Crippen molar-refractivity contribution < 1.29 is 22.7 Å². The van der Waals surface area contributed by atoms with Crippen LogP contribution in [0.1, 0.15) is 12.0 Å². The first-order valence-corrected chi connectivity index (χ1v) is 5.47. The van der Waals surface area contributed by atoms with Gasteiger partial charge in [0.2, 0.25) is 0 Å². The monoisotopic (exact) mass is 259 g/mol. The van der Waals surface area contributed by atoms with Crippen LogP contribution in [0.5, 0.6) is 0 Å². The number of rotatable bonds is 3. The SMILES string of the molecule is Cc1ccc(F)c(NCC2CC(F)(F)C(=O)O2)c1. The van der Waals surface area contributed by atoms with E-state index >= 15 is 0 Å². The fourth-order valence-electron chi connectivity index (χ4n) is 1.76. The lowest BCUT2D eigenvalue weighted by Gasteiger charge is -2.12. The molecular formula is C12H12F3NO2. The zero-order valence-electron chi connectivity index (χ0n) is 9.67. The van der Waals surface area contributed by atoms with Gasteiger partial charge in [0.1, 0.15) is 11.9 Å². The highest BCUT2D eigenvalue weighted by Gasteiger charge is 2.50. The Hall–Kier alpha value is -1.72. The maximum atomic E-state index is 13.4. The predicted octanol–water partition coefficient (Wildman–Crippen LogP) is 2.50. The first-order chi connectivity index (χ1) is 8.38. The van der Waals surface area contributed by atoms with E-state index in [1.54, 1.807) is 19.1 Å². The summed E-state index contributed by atoms with van der Waals surface area (Å²) in [5.41, 5.74) is 1.05. The van der Waals surface area contributed by atoms with E-state index in [1.165, 1.54) is 6.07 Å². The number of hydrogen-bond acceptors (Lipinski definition) is 3. The molecule has 0 bridgehead atoms. The van der Waals surface area contributed by atoms with Crippen molar-refractivity contribution in [2.75, 3.05) is 11.9 Å². The van der Waals surface area contributed by atoms with Crippen LogP contribution in [0, 0.1) is 12.7 Å². The van der Waals surface area contributed by atoms with Crippen molar-refractivity contribution in [1.29, 1.82) is 0 Å². The number of ether oxygens (including phenoxy) is 1. The molecule has 1 heterocycles. The average molecular weight is 259 g/mol. The smallest absolute Gasteiger partial charge is 0.377 e. The molecule has 1 saturated heterocycles. The second-order valence-electron chi connectivity index (χ2n) is 4.30. The number of cyclic esters (lactones) is 1. The van der Waals surface area contributed by atoms with E-state index in [1.807, 2.05) is 0 Å². The third kappa shape index (κ3) is 2.57. The summed E-state index contributed by atoms with van der Waals surface area (Å²) >= 11 is 0. The molecule has 1 aromatic carbocycles. The second-order valence-corrected chi connectivity index (χ2v) is 4.30. The van der Waals surface area contributed by atoms with Crippen molar-refractivity contribution >= 4 is 11.7 Å². The average Bonchev–Trinajstić information content (AvgIpc) is 2.54. The van der Waals surface area contributed by atoms with Gasteiger partial charge in [0, 0.05) is 0 Å². The van der Waals surface area contributed by atoms with Crippen LogP contribution in [-0.2, 0) is 9.53 Å². The van der Waals surface area contributed by atoms with Gasteiger partial charge < -0.3 is 10.1 Å². The van der Waals surface area contributed by atoms with Crippen LogP contribution in [0.4, 0.5) is 18.9 Å². The molecule has 1 aliphatic rings. The number of nitrogens with one attached hydrogen (secondary N) is 1. The van der Waals surface area contributed by atoms with E-state index in [9.17, 15) is 18.0 Å². The van der Waals surface area contributed by atoms with Crippen molar-refractivity contribution in [3.8, 4) is 0 Å². The highest BCUT2D eigenvalue weighted by molar-refractivity contribution is 5.79. The van der Waals surface area contributed by atoms with Crippen LogP contribution in [0.3, 0.4) is 0 Å². The number of carbonyl (C=O) groups excluding carboxylic acids is 1. The molecule has 1 unspecified atom stereocenters. The highest BCUT2D eigenvalue weighted by Crippen LogP contribution is 2.31. The fourth-order valence-corrected chi connectivity index (χ4v) is 1.76. The van der Waals surface area contributed by atoms with Crippen molar-refractivity contribution in [3.05, 3.63) is 29.6 Å². The van der Waals surface area contributed by atoms with Crippen LogP contribution >= 0.6 is 0 Å². The number of halogens is 3. The molecule has 3 nitrogen and oxygen atoms in total. The van der Waals surface area contributed by atoms with Crippen molar-refractivity contribution in [2.45, 2.75) is 25.4 Å². The van der Waals surface area contributed by atoms with E-state index in [-0.39, 0.29) is 12.2 Å². The molecule has 18 heavy (non-hydrogen) atoms. The van der Waals surface area contributed by atoms with E-state index in [4.69, 9.17) is 0 Å². The summed E-state index contributed by atoms with van der Waals surface area (Å²) in [6.45, 7) is 1.75. The highest BCUT2D eigenvalue weighted by atomic mass is 19.3. The Morgan fingerprint density at radius 2 is 2.22 bits per heavy atom. The summed E-state index contributed by atoms with van der Waals surface area (Å²) < 4.78 is 43.6. The molecule has 1 N–H and O–H groups in total. The topological polar surface area (TPSA) is 38.3 Å². The number of anilines is 1. The molecule has 1 atom stereocenters. The van der Waals surface area contributed by atoms with Crippen LogP contribution in [0.15, 0.2) is 18.2 Å². The summed E-state index contributed by atoms with van der Waals surface area (Å²) in [7, 11) is 0. The zero-order chi connectivity index (χ0) is 13.3.